The van der Waals surface area contributed by atoms with Crippen LogP contribution in [0.2, 0.25) is 17.3 Å². The summed E-state index contributed by atoms with van der Waals surface area (Å²) in [7, 11) is 0. The van der Waals surface area contributed by atoms with Crippen molar-refractivity contribution in [2.45, 2.75) is 83.4 Å². The third-order valence-electron chi connectivity index (χ3n) is 8.71. The first-order valence-corrected chi connectivity index (χ1v) is 23.6. The largest absolute Gasteiger partial charge is 0 e. The molecule has 0 unspecified atom stereocenters. The second kappa shape index (κ2) is 15.0. The van der Waals surface area contributed by atoms with E-state index in [-0.39, 0.29) is 25.5 Å². The third kappa shape index (κ3) is 8.68. The average Bonchev–Trinajstić information content (AvgIpc) is 3.45. The van der Waals surface area contributed by atoms with Gasteiger partial charge in [0.25, 0.3) is 0 Å². The molecule has 0 saturated heterocycles. The number of pyridine rings is 3. The fourth-order valence-electron chi connectivity index (χ4n) is 5.60. The van der Waals surface area contributed by atoms with Gasteiger partial charge < -0.3 is 9.40 Å². The topological polar surface area (TPSA) is 51.8 Å². The Morgan fingerprint density at radius 2 is 1.55 bits per heavy atom. The molecule has 0 fully saturated rings. The van der Waals surface area contributed by atoms with Crippen molar-refractivity contribution in [2.75, 3.05) is 0 Å². The third-order valence-corrected chi connectivity index (χ3v) is 12.9. The van der Waals surface area contributed by atoms with Crippen LogP contribution in [0.5, 0.6) is 0 Å². The van der Waals surface area contributed by atoms with Gasteiger partial charge in [0.05, 0.1) is 11.8 Å². The minimum atomic E-state index is -2.24. The molecule has 2 aromatic carbocycles. The molecule has 6 rings (SSSR count). The molecule has 0 aliphatic carbocycles. The molecule has 0 aliphatic rings. The minimum Gasteiger partial charge on any atom is 0 e. The van der Waals surface area contributed by atoms with Gasteiger partial charge in [0.1, 0.15) is 5.58 Å². The molecule has 4 heterocycles. The summed E-state index contributed by atoms with van der Waals surface area (Å²) in [5.41, 5.74) is 7.11. The first-order valence-electron chi connectivity index (χ1n) is 17.2. The molecule has 47 heavy (non-hydrogen) atoms. The van der Waals surface area contributed by atoms with Crippen LogP contribution < -0.4 is 4.40 Å². The molecule has 0 bridgehead atoms. The Labute approximate surface area is 300 Å². The zero-order chi connectivity index (χ0) is 34.9. The maximum atomic E-state index is 8.76. The summed E-state index contributed by atoms with van der Waals surface area (Å²) in [5.74, 6) is 6.86. The van der Waals surface area contributed by atoms with Crippen molar-refractivity contribution in [1.29, 1.82) is 0 Å². The van der Waals surface area contributed by atoms with Gasteiger partial charge in [0.15, 0.2) is 0 Å². The normalized spacial score (nSPS) is 13.0. The van der Waals surface area contributed by atoms with Crippen molar-refractivity contribution < 1.29 is 27.3 Å². The summed E-state index contributed by atoms with van der Waals surface area (Å²) in [4.78, 5) is 13.3. The van der Waals surface area contributed by atoms with E-state index in [1.54, 1.807) is 12.4 Å². The zero-order valence-corrected chi connectivity index (χ0v) is 33.6. The first-order chi connectivity index (χ1) is 22.6. The van der Waals surface area contributed by atoms with Crippen LogP contribution in [0.15, 0.2) is 89.9 Å². The Balaban J connectivity index is 0.000000217. The Kier molecular flexibility index (Phi) is 10.8. The average molecular weight is 865 g/mol. The smallest absolute Gasteiger partial charge is 0 e. The van der Waals surface area contributed by atoms with Gasteiger partial charge in [0, 0.05) is 37.9 Å². The van der Waals surface area contributed by atoms with Gasteiger partial charge in [-0.05, 0) is 41.6 Å². The van der Waals surface area contributed by atoms with Crippen molar-refractivity contribution >= 4 is 39.6 Å². The molecule has 6 aromatic rings. The van der Waals surface area contributed by atoms with E-state index in [0.29, 0.717) is 0 Å². The summed E-state index contributed by atoms with van der Waals surface area (Å²) in [6.07, 6.45) is 8.17. The number of hydrogen-bond donors (Lipinski definition) is 0. The molecule has 4 aromatic heterocycles. The molecular weight excluding hydrogens is 815 g/mol. The maximum Gasteiger partial charge on any atom is 0 e. The van der Waals surface area contributed by atoms with E-state index in [9.17, 15) is 0 Å². The molecule has 1 radical (unpaired) electrons. The summed E-state index contributed by atoms with van der Waals surface area (Å²) < 4.78 is 24.5. The van der Waals surface area contributed by atoms with Crippen molar-refractivity contribution in [2.24, 2.45) is 5.41 Å². The quantitative estimate of drug-likeness (QED) is 0.119. The van der Waals surface area contributed by atoms with E-state index in [1.807, 2.05) is 75.6 Å². The fraction of sp³-hybridized carbons (Fsp3) is 0.341. The van der Waals surface area contributed by atoms with Crippen LogP contribution in [0.4, 0.5) is 0 Å². The van der Waals surface area contributed by atoms with Crippen molar-refractivity contribution in [3.8, 4) is 22.5 Å². The predicted octanol–water partition coefficient (Wildman–Crippen LogP) is 10.6. The number of nitrogens with zero attached hydrogens (tertiary/aromatic N) is 3. The number of benzene rings is 2. The molecule has 4 nitrogen and oxygen atoms in total. The standard InChI is InChI=1S/C22H21N2O.C19H26GeN.Ir/c1-4-22(3,5-2)16-8-11-24-19(13-16)15-6-7-20-18(12-15)17-9-10-23-14-21(17)25-20;1-19(2,3)13-16-12-18(15-10-8-7-9-11-15)21-14-17(16)20(4,5)6;/h7-14H,4-5H2,1-3H3;7-10,12,14H,13H2,1-6H3;/q2*-1;/i;13D2;. The first kappa shape index (κ1) is 33.8. The van der Waals surface area contributed by atoms with Gasteiger partial charge in [-0.25, -0.2) is 0 Å². The number of aromatic nitrogens is 3. The van der Waals surface area contributed by atoms with Gasteiger partial charge in [-0.1, -0.05) is 32.2 Å². The molecule has 0 amide bonds. The van der Waals surface area contributed by atoms with Gasteiger partial charge in [-0.2, -0.15) is 0 Å². The van der Waals surface area contributed by atoms with Gasteiger partial charge >= 0.3 is 135 Å². The molecule has 0 saturated carbocycles. The van der Waals surface area contributed by atoms with E-state index >= 15 is 0 Å². The van der Waals surface area contributed by atoms with Crippen LogP contribution >= 0.6 is 0 Å². The minimum absolute atomic E-state index is 0. The summed E-state index contributed by atoms with van der Waals surface area (Å²) in [5, 5.41) is 2.15. The zero-order valence-electron chi connectivity index (χ0n) is 31.1. The van der Waals surface area contributed by atoms with E-state index in [2.05, 4.69) is 83.3 Å². The Bertz CT molecular complexity index is 2030. The predicted molar refractivity (Wildman–Crippen MR) is 196 cm³/mol. The maximum absolute atomic E-state index is 8.76. The molecule has 0 aliphatic heterocycles. The van der Waals surface area contributed by atoms with Crippen molar-refractivity contribution in [3.63, 3.8) is 0 Å². The van der Waals surface area contributed by atoms with Crippen LogP contribution in [0.3, 0.4) is 0 Å². The Morgan fingerprint density at radius 1 is 0.809 bits per heavy atom. The Hall–Kier alpha value is -3.12. The Morgan fingerprint density at radius 3 is 2.21 bits per heavy atom. The summed E-state index contributed by atoms with van der Waals surface area (Å²) in [6, 6.07) is 26.5. The van der Waals surface area contributed by atoms with Crippen LogP contribution in [0.1, 0.15) is 68.3 Å². The van der Waals surface area contributed by atoms with Crippen LogP contribution in [-0.4, -0.2) is 28.2 Å². The van der Waals surface area contributed by atoms with Crippen LogP contribution in [0, 0.1) is 17.5 Å². The molecule has 6 heteroatoms. The van der Waals surface area contributed by atoms with E-state index in [0.717, 1.165) is 67.3 Å². The monoisotopic (exact) mass is 866 g/mol. The van der Waals surface area contributed by atoms with Crippen LogP contribution in [0.25, 0.3) is 44.5 Å². The summed E-state index contributed by atoms with van der Waals surface area (Å²) >= 11 is -2.24. The summed E-state index contributed by atoms with van der Waals surface area (Å²) in [6.45, 7) is 12.7. The number of hydrogen-bond acceptors (Lipinski definition) is 4. The SMILES string of the molecule is CCC(C)(CC)c1ccnc(-c2[c-]cc3oc4cnccc4c3c2)c1.[2H]C([2H])(c1cc(-c2[c-]cccc2)nc[c]1[Ge]([CH3])([CH3])[CH3])C(C)(C)C.[Ir]. The number of furan rings is 1. The van der Waals surface area contributed by atoms with Gasteiger partial charge in [0.2, 0.25) is 0 Å². The van der Waals surface area contributed by atoms with Gasteiger partial charge in [-0.3, -0.25) is 4.98 Å². The number of fused-ring (bicyclic) bond motifs is 3. The molecule has 0 spiro atoms. The van der Waals surface area contributed by atoms with Crippen molar-refractivity contribution in [1.82, 2.24) is 15.0 Å². The van der Waals surface area contributed by atoms with Crippen LogP contribution in [-0.2, 0) is 31.9 Å². The van der Waals surface area contributed by atoms with E-state index in [1.165, 1.54) is 5.56 Å². The second-order valence-electron chi connectivity index (χ2n) is 14.3. The molecule has 0 atom stereocenters. The molecule has 247 valence electrons. The molecule has 0 N–H and O–H groups in total. The second-order valence-corrected chi connectivity index (χ2v) is 24.9. The van der Waals surface area contributed by atoms with Crippen molar-refractivity contribution in [3.05, 3.63) is 109 Å². The van der Waals surface area contributed by atoms with Gasteiger partial charge in [-0.15, -0.1) is 23.8 Å². The fourth-order valence-corrected chi connectivity index (χ4v) is 8.52. The number of rotatable bonds is 7. The molecular formula is C41H47GeIrN3O-2. The van der Waals surface area contributed by atoms with E-state index in [4.69, 9.17) is 7.16 Å². The van der Waals surface area contributed by atoms with E-state index < -0.39 is 25.1 Å².